The van der Waals surface area contributed by atoms with E-state index in [0.29, 0.717) is 18.0 Å². The van der Waals surface area contributed by atoms with E-state index in [-0.39, 0.29) is 12.5 Å². The van der Waals surface area contributed by atoms with Crippen LogP contribution >= 0.6 is 0 Å². The van der Waals surface area contributed by atoms with Gasteiger partial charge in [-0.1, -0.05) is 6.92 Å². The fourth-order valence-corrected chi connectivity index (χ4v) is 2.09. The van der Waals surface area contributed by atoms with Gasteiger partial charge in [-0.3, -0.25) is 4.79 Å². The summed E-state index contributed by atoms with van der Waals surface area (Å²) < 4.78 is 0. The van der Waals surface area contributed by atoms with Crippen LogP contribution in [0.1, 0.15) is 48.7 Å². The van der Waals surface area contributed by atoms with Gasteiger partial charge in [0, 0.05) is 23.8 Å². The molecule has 1 heterocycles. The van der Waals surface area contributed by atoms with Crippen molar-refractivity contribution < 1.29 is 9.90 Å². The molecule has 1 aliphatic carbocycles. The number of aromatic nitrogens is 1. The monoisotopic (exact) mass is 277 g/mol. The Kier molecular flexibility index (Phi) is 4.95. The van der Waals surface area contributed by atoms with Crippen molar-refractivity contribution in [3.63, 3.8) is 0 Å². The Bertz CT molecular complexity index is 472. The van der Waals surface area contributed by atoms with Crippen molar-refractivity contribution in [3.05, 3.63) is 23.4 Å². The first-order valence-electron chi connectivity index (χ1n) is 7.30. The van der Waals surface area contributed by atoms with Crippen LogP contribution in [0.5, 0.6) is 0 Å². The van der Waals surface area contributed by atoms with Gasteiger partial charge in [0.1, 0.15) is 5.82 Å². The van der Waals surface area contributed by atoms with Crippen LogP contribution in [0.25, 0.3) is 0 Å². The lowest BCUT2D eigenvalue weighted by Gasteiger charge is -2.27. The number of hydrogen-bond donors (Lipinski definition) is 3. The average molecular weight is 277 g/mol. The number of nitrogens with zero attached hydrogens (tertiary/aromatic N) is 1. The van der Waals surface area contributed by atoms with Gasteiger partial charge in [-0.2, -0.15) is 0 Å². The standard InChI is InChI=1S/C15H23N3O2/c1-3-13(19)9-16-15(20)11-7-10(2)17-14(8-11)18-12-5-4-6-12/h7-8,12-13,19H,3-6,9H2,1-2H3,(H,16,20)(H,17,18)/t13-/m1/s1. The summed E-state index contributed by atoms with van der Waals surface area (Å²) >= 11 is 0. The van der Waals surface area contributed by atoms with E-state index >= 15 is 0 Å². The predicted molar refractivity (Wildman–Crippen MR) is 78.9 cm³/mol. The molecule has 110 valence electrons. The van der Waals surface area contributed by atoms with Crippen molar-refractivity contribution >= 4 is 11.7 Å². The van der Waals surface area contributed by atoms with Crippen LogP contribution in [0.15, 0.2) is 12.1 Å². The zero-order chi connectivity index (χ0) is 14.5. The highest BCUT2D eigenvalue weighted by atomic mass is 16.3. The van der Waals surface area contributed by atoms with E-state index in [1.165, 1.54) is 19.3 Å². The van der Waals surface area contributed by atoms with E-state index < -0.39 is 6.10 Å². The minimum absolute atomic E-state index is 0.167. The van der Waals surface area contributed by atoms with Crippen LogP contribution in [0, 0.1) is 6.92 Å². The molecule has 3 N–H and O–H groups in total. The van der Waals surface area contributed by atoms with Crippen molar-refractivity contribution in [2.45, 2.75) is 51.7 Å². The number of nitrogens with one attached hydrogen (secondary N) is 2. The van der Waals surface area contributed by atoms with Crippen molar-refractivity contribution in [3.8, 4) is 0 Å². The molecule has 20 heavy (non-hydrogen) atoms. The van der Waals surface area contributed by atoms with Crippen LogP contribution < -0.4 is 10.6 Å². The molecule has 2 rings (SSSR count). The Morgan fingerprint density at radius 1 is 1.50 bits per heavy atom. The van der Waals surface area contributed by atoms with Crippen LogP contribution in [0.2, 0.25) is 0 Å². The molecule has 0 unspecified atom stereocenters. The second kappa shape index (κ2) is 6.70. The summed E-state index contributed by atoms with van der Waals surface area (Å²) in [4.78, 5) is 16.5. The maximum absolute atomic E-state index is 12.1. The van der Waals surface area contributed by atoms with Gasteiger partial charge in [-0.05, 0) is 44.7 Å². The molecule has 1 aromatic rings. The third-order valence-corrected chi connectivity index (χ3v) is 3.64. The first kappa shape index (κ1) is 14.8. The van der Waals surface area contributed by atoms with Gasteiger partial charge in [0.25, 0.3) is 5.91 Å². The van der Waals surface area contributed by atoms with E-state index in [1.807, 2.05) is 13.8 Å². The number of carbonyl (C=O) groups is 1. The summed E-state index contributed by atoms with van der Waals surface area (Å²) in [5.74, 6) is 0.593. The predicted octanol–water partition coefficient (Wildman–Crippen LogP) is 1.86. The minimum atomic E-state index is -0.491. The molecule has 0 bridgehead atoms. The fraction of sp³-hybridized carbons (Fsp3) is 0.600. The minimum Gasteiger partial charge on any atom is -0.391 e. The molecule has 5 nitrogen and oxygen atoms in total. The number of aliphatic hydroxyl groups excluding tert-OH is 1. The number of hydrogen-bond acceptors (Lipinski definition) is 4. The molecule has 1 aromatic heterocycles. The molecule has 0 aliphatic heterocycles. The van der Waals surface area contributed by atoms with Crippen LogP contribution in [0.4, 0.5) is 5.82 Å². The van der Waals surface area contributed by atoms with E-state index in [1.54, 1.807) is 12.1 Å². The lowest BCUT2D eigenvalue weighted by molar-refractivity contribution is 0.0913. The summed E-state index contributed by atoms with van der Waals surface area (Å²) in [7, 11) is 0. The van der Waals surface area contributed by atoms with Crippen molar-refractivity contribution in [1.29, 1.82) is 0 Å². The van der Waals surface area contributed by atoms with E-state index in [4.69, 9.17) is 0 Å². The molecule has 0 aromatic carbocycles. The average Bonchev–Trinajstić information content (AvgIpc) is 2.39. The van der Waals surface area contributed by atoms with Gasteiger partial charge in [0.2, 0.25) is 0 Å². The van der Waals surface area contributed by atoms with Crippen LogP contribution in [0.3, 0.4) is 0 Å². The summed E-state index contributed by atoms with van der Waals surface area (Å²) in [6.07, 6.45) is 3.73. The molecule has 0 saturated heterocycles. The van der Waals surface area contributed by atoms with Crippen molar-refractivity contribution in [1.82, 2.24) is 10.3 Å². The second-order valence-corrected chi connectivity index (χ2v) is 5.43. The largest absolute Gasteiger partial charge is 0.391 e. The number of aliphatic hydroxyl groups is 1. The Morgan fingerprint density at radius 3 is 2.85 bits per heavy atom. The Morgan fingerprint density at radius 2 is 2.25 bits per heavy atom. The van der Waals surface area contributed by atoms with Crippen molar-refractivity contribution in [2.24, 2.45) is 0 Å². The third-order valence-electron chi connectivity index (χ3n) is 3.64. The molecule has 0 spiro atoms. The fourth-order valence-electron chi connectivity index (χ4n) is 2.09. The molecular formula is C15H23N3O2. The summed E-state index contributed by atoms with van der Waals surface area (Å²) in [6, 6.07) is 4.03. The number of rotatable bonds is 6. The normalized spacial score (nSPS) is 16.4. The summed E-state index contributed by atoms with van der Waals surface area (Å²) in [5, 5.41) is 15.6. The zero-order valence-electron chi connectivity index (χ0n) is 12.1. The zero-order valence-corrected chi connectivity index (χ0v) is 12.1. The van der Waals surface area contributed by atoms with E-state index in [2.05, 4.69) is 15.6 Å². The number of amides is 1. The molecule has 1 aliphatic rings. The second-order valence-electron chi connectivity index (χ2n) is 5.43. The molecule has 1 fully saturated rings. The third kappa shape index (κ3) is 3.93. The van der Waals surface area contributed by atoms with Gasteiger partial charge >= 0.3 is 0 Å². The van der Waals surface area contributed by atoms with Crippen molar-refractivity contribution in [2.75, 3.05) is 11.9 Å². The molecule has 1 atom stereocenters. The van der Waals surface area contributed by atoms with E-state index in [9.17, 15) is 9.90 Å². The topological polar surface area (TPSA) is 74.2 Å². The molecule has 0 radical (unpaired) electrons. The lowest BCUT2D eigenvalue weighted by atomic mass is 9.93. The van der Waals surface area contributed by atoms with Crippen LogP contribution in [-0.2, 0) is 0 Å². The maximum atomic E-state index is 12.1. The smallest absolute Gasteiger partial charge is 0.251 e. The highest BCUT2D eigenvalue weighted by molar-refractivity contribution is 5.95. The van der Waals surface area contributed by atoms with Crippen LogP contribution in [-0.4, -0.2) is 34.7 Å². The SMILES string of the molecule is CC[C@@H](O)CNC(=O)c1cc(C)nc(NC2CCC2)c1. The number of aryl methyl sites for hydroxylation is 1. The number of anilines is 1. The first-order chi connectivity index (χ1) is 9.58. The Labute approximate surface area is 119 Å². The lowest BCUT2D eigenvalue weighted by Crippen LogP contribution is -2.32. The summed E-state index contributed by atoms with van der Waals surface area (Å²) in [5.41, 5.74) is 1.40. The Hall–Kier alpha value is -1.62. The van der Waals surface area contributed by atoms with E-state index in [0.717, 1.165) is 11.5 Å². The molecule has 5 heteroatoms. The maximum Gasteiger partial charge on any atom is 0.251 e. The van der Waals surface area contributed by atoms with Gasteiger partial charge in [-0.15, -0.1) is 0 Å². The quantitative estimate of drug-likeness (QED) is 0.742. The number of carbonyl (C=O) groups excluding carboxylic acids is 1. The highest BCUT2D eigenvalue weighted by Gasteiger charge is 2.18. The van der Waals surface area contributed by atoms with Gasteiger partial charge in [-0.25, -0.2) is 4.98 Å². The molecular weight excluding hydrogens is 254 g/mol. The molecule has 1 saturated carbocycles. The number of pyridine rings is 1. The highest BCUT2D eigenvalue weighted by Crippen LogP contribution is 2.23. The van der Waals surface area contributed by atoms with Gasteiger partial charge < -0.3 is 15.7 Å². The Balaban J connectivity index is 2.00. The summed E-state index contributed by atoms with van der Waals surface area (Å²) in [6.45, 7) is 4.04. The molecule has 1 amide bonds. The van der Waals surface area contributed by atoms with Gasteiger partial charge in [0.15, 0.2) is 0 Å². The first-order valence-corrected chi connectivity index (χ1v) is 7.30. The van der Waals surface area contributed by atoms with Gasteiger partial charge in [0.05, 0.1) is 6.10 Å².